The van der Waals surface area contributed by atoms with Crippen LogP contribution in [-0.4, -0.2) is 21.2 Å². The molecular weight excluding hydrogens is 260 g/mol. The van der Waals surface area contributed by atoms with Crippen LogP contribution < -0.4 is 5.43 Å². The van der Waals surface area contributed by atoms with Gasteiger partial charge in [-0.15, -0.1) is 0 Å². The van der Waals surface area contributed by atoms with Crippen molar-refractivity contribution in [1.82, 2.24) is 4.98 Å². The van der Waals surface area contributed by atoms with Gasteiger partial charge in [-0.25, -0.2) is 4.98 Å². The second kappa shape index (κ2) is 5.79. The van der Waals surface area contributed by atoms with Gasteiger partial charge < -0.3 is 5.11 Å². The van der Waals surface area contributed by atoms with Crippen LogP contribution in [0, 0.1) is 17.0 Å². The van der Waals surface area contributed by atoms with Crippen molar-refractivity contribution in [3.8, 4) is 5.75 Å². The number of hydrogen-bond acceptors (Lipinski definition) is 6. The zero-order valence-corrected chi connectivity index (χ0v) is 10.6. The van der Waals surface area contributed by atoms with E-state index < -0.39 is 4.92 Å². The quantitative estimate of drug-likeness (QED) is 0.505. The van der Waals surface area contributed by atoms with E-state index in [1.54, 1.807) is 25.1 Å². The van der Waals surface area contributed by atoms with Crippen LogP contribution >= 0.6 is 0 Å². The van der Waals surface area contributed by atoms with Crippen molar-refractivity contribution < 1.29 is 10.0 Å². The Kier molecular flexibility index (Phi) is 3.90. The van der Waals surface area contributed by atoms with Gasteiger partial charge in [0.15, 0.2) is 0 Å². The van der Waals surface area contributed by atoms with E-state index in [9.17, 15) is 15.2 Å². The van der Waals surface area contributed by atoms with Crippen molar-refractivity contribution in [3.63, 3.8) is 0 Å². The first-order valence-corrected chi connectivity index (χ1v) is 5.76. The predicted octanol–water partition coefficient (Wildman–Crippen LogP) is 2.45. The largest absolute Gasteiger partial charge is 0.508 e. The van der Waals surface area contributed by atoms with Crippen LogP contribution in [0.25, 0.3) is 0 Å². The molecule has 7 nitrogen and oxygen atoms in total. The maximum absolute atomic E-state index is 10.9. The van der Waals surface area contributed by atoms with Crippen LogP contribution in [0.5, 0.6) is 5.75 Å². The van der Waals surface area contributed by atoms with Crippen LogP contribution in [0.4, 0.5) is 11.5 Å². The Morgan fingerprint density at radius 3 is 2.90 bits per heavy atom. The Morgan fingerprint density at radius 2 is 2.20 bits per heavy atom. The monoisotopic (exact) mass is 272 g/mol. The van der Waals surface area contributed by atoms with E-state index in [0.717, 1.165) is 0 Å². The van der Waals surface area contributed by atoms with Crippen molar-refractivity contribution in [3.05, 3.63) is 57.8 Å². The summed E-state index contributed by atoms with van der Waals surface area (Å²) in [7, 11) is 0. The van der Waals surface area contributed by atoms with Crippen molar-refractivity contribution in [1.29, 1.82) is 0 Å². The van der Waals surface area contributed by atoms with E-state index in [1.807, 2.05) is 0 Å². The molecule has 0 aliphatic carbocycles. The summed E-state index contributed by atoms with van der Waals surface area (Å²) in [5.74, 6) is 0.194. The first kappa shape index (κ1) is 13.5. The molecule has 20 heavy (non-hydrogen) atoms. The standard InChI is InChI=1S/C13H12N4O3/c1-9-5-6-12(17(19)20)13(15-9)16-14-8-10-3-2-4-11(18)7-10/h2-8,18H,1H3,(H,15,16)/b14-8-. The minimum absolute atomic E-state index is 0.0754. The summed E-state index contributed by atoms with van der Waals surface area (Å²) < 4.78 is 0. The number of nitro groups is 1. The number of aryl methyl sites for hydroxylation is 1. The lowest BCUT2D eigenvalue weighted by atomic mass is 10.2. The number of hydrogen-bond donors (Lipinski definition) is 2. The molecule has 0 aliphatic heterocycles. The smallest absolute Gasteiger partial charge is 0.313 e. The van der Waals surface area contributed by atoms with Crippen molar-refractivity contribution in [2.75, 3.05) is 5.43 Å². The summed E-state index contributed by atoms with van der Waals surface area (Å²) in [6.45, 7) is 1.73. The van der Waals surface area contributed by atoms with Gasteiger partial charge in [0.2, 0.25) is 5.82 Å². The molecule has 0 saturated heterocycles. The van der Waals surface area contributed by atoms with Gasteiger partial charge in [-0.05, 0) is 30.7 Å². The predicted molar refractivity (Wildman–Crippen MR) is 75.0 cm³/mol. The van der Waals surface area contributed by atoms with E-state index in [0.29, 0.717) is 11.3 Å². The second-order valence-corrected chi connectivity index (χ2v) is 4.04. The van der Waals surface area contributed by atoms with Crippen LogP contribution in [0.15, 0.2) is 41.5 Å². The van der Waals surface area contributed by atoms with Crippen LogP contribution in [-0.2, 0) is 0 Å². The molecule has 1 aromatic carbocycles. The summed E-state index contributed by atoms with van der Waals surface area (Å²) in [4.78, 5) is 14.3. The third-order valence-corrected chi connectivity index (χ3v) is 2.46. The zero-order valence-electron chi connectivity index (χ0n) is 10.6. The molecule has 0 fully saturated rings. The van der Waals surface area contributed by atoms with Crippen LogP contribution in [0.2, 0.25) is 0 Å². The van der Waals surface area contributed by atoms with E-state index in [1.165, 1.54) is 24.4 Å². The fourth-order valence-corrected chi connectivity index (χ4v) is 1.55. The molecule has 0 spiro atoms. The van der Waals surface area contributed by atoms with E-state index in [4.69, 9.17) is 0 Å². The maximum atomic E-state index is 10.9. The summed E-state index contributed by atoms with van der Waals surface area (Å²) in [5, 5.41) is 24.0. The average Bonchev–Trinajstić information content (AvgIpc) is 2.38. The summed E-state index contributed by atoms with van der Waals surface area (Å²) in [6.07, 6.45) is 1.44. The summed E-state index contributed by atoms with van der Waals surface area (Å²) >= 11 is 0. The molecule has 0 atom stereocenters. The second-order valence-electron chi connectivity index (χ2n) is 4.04. The molecule has 102 valence electrons. The lowest BCUT2D eigenvalue weighted by Crippen LogP contribution is -2.00. The topological polar surface area (TPSA) is 101 Å². The van der Waals surface area contributed by atoms with E-state index >= 15 is 0 Å². The first-order chi connectivity index (χ1) is 9.56. The van der Waals surface area contributed by atoms with E-state index in [-0.39, 0.29) is 17.3 Å². The highest BCUT2D eigenvalue weighted by molar-refractivity contribution is 5.80. The number of aromatic hydroxyl groups is 1. The molecule has 2 rings (SSSR count). The molecule has 0 amide bonds. The van der Waals surface area contributed by atoms with Gasteiger partial charge in [-0.1, -0.05) is 12.1 Å². The normalized spacial score (nSPS) is 10.7. The Hall–Kier alpha value is -2.96. The average molecular weight is 272 g/mol. The number of nitrogens with one attached hydrogen (secondary N) is 1. The van der Waals surface area contributed by atoms with Gasteiger partial charge in [-0.2, -0.15) is 5.10 Å². The number of nitrogens with zero attached hydrogens (tertiary/aromatic N) is 3. The number of benzene rings is 1. The summed E-state index contributed by atoms with van der Waals surface area (Å²) in [5.41, 5.74) is 3.69. The molecule has 0 unspecified atom stereocenters. The lowest BCUT2D eigenvalue weighted by molar-refractivity contribution is -0.384. The van der Waals surface area contributed by atoms with Gasteiger partial charge in [-0.3, -0.25) is 15.5 Å². The Bertz CT molecular complexity index is 670. The van der Waals surface area contributed by atoms with Crippen molar-refractivity contribution in [2.24, 2.45) is 5.10 Å². The van der Waals surface area contributed by atoms with Gasteiger partial charge >= 0.3 is 5.69 Å². The number of aromatic nitrogens is 1. The molecule has 2 aromatic rings. The molecule has 7 heteroatoms. The number of phenolic OH excluding ortho intramolecular Hbond substituents is 1. The molecule has 1 heterocycles. The minimum atomic E-state index is -0.529. The molecule has 2 N–H and O–H groups in total. The number of phenols is 1. The van der Waals surface area contributed by atoms with Crippen LogP contribution in [0.3, 0.4) is 0 Å². The van der Waals surface area contributed by atoms with Crippen molar-refractivity contribution >= 4 is 17.7 Å². The van der Waals surface area contributed by atoms with Gasteiger partial charge in [0, 0.05) is 11.8 Å². The maximum Gasteiger partial charge on any atom is 0.313 e. The fourth-order valence-electron chi connectivity index (χ4n) is 1.55. The number of hydrazone groups is 1. The van der Waals surface area contributed by atoms with Gasteiger partial charge in [0.1, 0.15) is 5.75 Å². The Balaban J connectivity index is 2.18. The Morgan fingerprint density at radius 1 is 1.40 bits per heavy atom. The molecule has 0 bridgehead atoms. The molecule has 0 radical (unpaired) electrons. The van der Waals surface area contributed by atoms with Crippen molar-refractivity contribution in [2.45, 2.75) is 6.92 Å². The third kappa shape index (κ3) is 3.29. The molecule has 0 saturated carbocycles. The van der Waals surface area contributed by atoms with Gasteiger partial charge in [0.05, 0.1) is 11.1 Å². The highest BCUT2D eigenvalue weighted by Gasteiger charge is 2.14. The van der Waals surface area contributed by atoms with Crippen LogP contribution in [0.1, 0.15) is 11.3 Å². The fraction of sp³-hybridized carbons (Fsp3) is 0.0769. The lowest BCUT2D eigenvalue weighted by Gasteiger charge is -2.02. The summed E-state index contributed by atoms with van der Waals surface area (Å²) in [6, 6.07) is 9.39. The highest BCUT2D eigenvalue weighted by atomic mass is 16.6. The zero-order chi connectivity index (χ0) is 14.5. The molecular formula is C13H12N4O3. The highest BCUT2D eigenvalue weighted by Crippen LogP contribution is 2.21. The number of pyridine rings is 1. The Labute approximate surface area is 114 Å². The first-order valence-electron chi connectivity index (χ1n) is 5.76. The third-order valence-electron chi connectivity index (χ3n) is 2.46. The molecule has 0 aliphatic rings. The number of rotatable bonds is 4. The SMILES string of the molecule is Cc1ccc([N+](=O)[O-])c(N/N=C\c2cccc(O)c2)n1. The van der Waals surface area contributed by atoms with E-state index in [2.05, 4.69) is 15.5 Å². The minimum Gasteiger partial charge on any atom is -0.508 e. The van der Waals surface area contributed by atoms with Gasteiger partial charge in [0.25, 0.3) is 0 Å². The number of anilines is 1. The molecule has 1 aromatic heterocycles.